The van der Waals surface area contributed by atoms with E-state index < -0.39 is 0 Å². The molecule has 0 radical (unpaired) electrons. The van der Waals surface area contributed by atoms with Crippen LogP contribution < -0.4 is 5.30 Å². The SMILES string of the molecule is CCCC(C)(Pc1c(C)cccc1CN(C(C)C)C(C)C)c1cc(C)ccc1O. The second-order valence-electron chi connectivity index (χ2n) is 9.20. The number of aromatic hydroxyl groups is 1. The molecule has 0 aliphatic heterocycles. The van der Waals surface area contributed by atoms with E-state index in [1.165, 1.54) is 22.0 Å². The predicted octanol–water partition coefficient (Wildman–Crippen LogP) is 6.65. The molecule has 0 saturated carbocycles. The van der Waals surface area contributed by atoms with E-state index in [1.807, 2.05) is 12.1 Å². The van der Waals surface area contributed by atoms with Gasteiger partial charge in [0.15, 0.2) is 0 Å². The highest BCUT2D eigenvalue weighted by molar-refractivity contribution is 7.48. The molecular formula is C26H40NOP. The maximum Gasteiger partial charge on any atom is 0.119 e. The average Bonchev–Trinajstić information content (AvgIpc) is 2.63. The molecule has 0 spiro atoms. The summed E-state index contributed by atoms with van der Waals surface area (Å²) in [5.74, 6) is 0.431. The molecule has 29 heavy (non-hydrogen) atoms. The first-order chi connectivity index (χ1) is 13.6. The van der Waals surface area contributed by atoms with Crippen molar-refractivity contribution in [2.45, 2.75) is 92.0 Å². The zero-order valence-corrected chi connectivity index (χ0v) is 20.6. The van der Waals surface area contributed by atoms with Gasteiger partial charge >= 0.3 is 0 Å². The van der Waals surface area contributed by atoms with Crippen molar-refractivity contribution in [1.82, 2.24) is 4.90 Å². The smallest absolute Gasteiger partial charge is 0.119 e. The molecule has 160 valence electrons. The number of nitrogens with zero attached hydrogens (tertiary/aromatic N) is 1. The lowest BCUT2D eigenvalue weighted by atomic mass is 9.93. The van der Waals surface area contributed by atoms with Gasteiger partial charge in [0.25, 0.3) is 0 Å². The quantitative estimate of drug-likeness (QED) is 0.465. The molecule has 2 aromatic carbocycles. The molecule has 0 bridgehead atoms. The van der Waals surface area contributed by atoms with E-state index in [4.69, 9.17) is 0 Å². The molecule has 2 unspecified atom stereocenters. The maximum atomic E-state index is 10.7. The van der Waals surface area contributed by atoms with Gasteiger partial charge in [0.05, 0.1) is 0 Å². The van der Waals surface area contributed by atoms with Gasteiger partial charge < -0.3 is 5.11 Å². The Morgan fingerprint density at radius 3 is 2.28 bits per heavy atom. The summed E-state index contributed by atoms with van der Waals surface area (Å²) in [6, 6.07) is 13.8. The number of phenolic OH excluding ortho intramolecular Hbond substituents is 1. The first kappa shape index (κ1) is 23.9. The number of benzene rings is 2. The standard InChI is InChI=1S/C26H40NOP/c1-9-15-26(8,23-16-20(6)13-14-24(23)28)29-25-21(7)11-10-12-22(25)17-27(18(2)3)19(4)5/h10-14,16,18-19,28-29H,9,15,17H2,1-8H3. The van der Waals surface area contributed by atoms with Crippen molar-refractivity contribution >= 4 is 13.9 Å². The summed E-state index contributed by atoms with van der Waals surface area (Å²) in [5, 5.41) is 12.1. The van der Waals surface area contributed by atoms with E-state index in [1.54, 1.807) is 0 Å². The highest BCUT2D eigenvalue weighted by Crippen LogP contribution is 2.48. The Balaban J connectivity index is 2.51. The van der Waals surface area contributed by atoms with Crippen LogP contribution in [0.5, 0.6) is 5.75 Å². The van der Waals surface area contributed by atoms with Crippen LogP contribution in [0.4, 0.5) is 0 Å². The molecule has 0 amide bonds. The molecule has 2 atom stereocenters. The van der Waals surface area contributed by atoms with Crippen LogP contribution >= 0.6 is 8.58 Å². The van der Waals surface area contributed by atoms with E-state index in [9.17, 15) is 5.11 Å². The molecule has 1 N–H and O–H groups in total. The zero-order valence-electron chi connectivity index (χ0n) is 19.6. The van der Waals surface area contributed by atoms with Crippen molar-refractivity contribution < 1.29 is 5.11 Å². The summed E-state index contributed by atoms with van der Waals surface area (Å²) in [5.41, 5.74) is 5.10. The third kappa shape index (κ3) is 5.83. The van der Waals surface area contributed by atoms with Gasteiger partial charge in [-0.25, -0.2) is 0 Å². The van der Waals surface area contributed by atoms with Crippen LogP contribution in [0.1, 0.15) is 76.6 Å². The van der Waals surface area contributed by atoms with E-state index >= 15 is 0 Å². The van der Waals surface area contributed by atoms with Crippen molar-refractivity contribution in [2.24, 2.45) is 0 Å². The molecule has 0 saturated heterocycles. The van der Waals surface area contributed by atoms with Gasteiger partial charge in [-0.2, -0.15) is 0 Å². The third-order valence-corrected chi connectivity index (χ3v) is 7.97. The molecule has 3 heteroatoms. The minimum atomic E-state index is -0.0633. The first-order valence-corrected chi connectivity index (χ1v) is 12.0. The summed E-state index contributed by atoms with van der Waals surface area (Å²) < 4.78 is 0. The molecule has 0 heterocycles. The zero-order chi connectivity index (χ0) is 21.8. The van der Waals surface area contributed by atoms with E-state index in [2.05, 4.69) is 84.6 Å². The van der Waals surface area contributed by atoms with Crippen molar-refractivity contribution in [2.75, 3.05) is 0 Å². The van der Waals surface area contributed by atoms with Crippen LogP contribution in [-0.2, 0) is 11.7 Å². The van der Waals surface area contributed by atoms with Crippen LogP contribution in [0.15, 0.2) is 36.4 Å². The molecule has 0 aliphatic rings. The normalized spacial score (nSPS) is 14.4. The van der Waals surface area contributed by atoms with Gasteiger partial charge in [0.1, 0.15) is 5.75 Å². The van der Waals surface area contributed by atoms with E-state index in [0.717, 1.165) is 24.9 Å². The summed E-state index contributed by atoms with van der Waals surface area (Å²) in [6.45, 7) is 19.0. The maximum absolute atomic E-state index is 10.7. The molecule has 0 aromatic heterocycles. The Morgan fingerprint density at radius 1 is 1.03 bits per heavy atom. The number of hydrogen-bond acceptors (Lipinski definition) is 2. The van der Waals surface area contributed by atoms with Crippen molar-refractivity contribution in [3.05, 3.63) is 58.7 Å². The molecule has 2 nitrogen and oxygen atoms in total. The number of phenols is 1. The lowest BCUT2D eigenvalue weighted by molar-refractivity contribution is 0.166. The van der Waals surface area contributed by atoms with Gasteiger partial charge in [-0.15, -0.1) is 0 Å². The molecule has 2 rings (SSSR count). The van der Waals surface area contributed by atoms with Gasteiger partial charge in [0.2, 0.25) is 0 Å². The fraction of sp³-hybridized carbons (Fsp3) is 0.538. The fourth-order valence-corrected chi connectivity index (χ4v) is 6.19. The minimum absolute atomic E-state index is 0.0633. The Hall–Kier alpha value is -1.37. The van der Waals surface area contributed by atoms with Gasteiger partial charge in [-0.05, 0) is 70.5 Å². The van der Waals surface area contributed by atoms with Crippen LogP contribution in [0.3, 0.4) is 0 Å². The second kappa shape index (κ2) is 10.1. The van der Waals surface area contributed by atoms with Gasteiger partial charge in [-0.1, -0.05) is 64.7 Å². The summed E-state index contributed by atoms with van der Waals surface area (Å²) >= 11 is 0. The first-order valence-electron chi connectivity index (χ1n) is 11.0. The second-order valence-corrected chi connectivity index (χ2v) is 11.1. The lowest BCUT2D eigenvalue weighted by Crippen LogP contribution is -2.37. The Kier molecular flexibility index (Phi) is 8.32. The minimum Gasteiger partial charge on any atom is -0.508 e. The Bertz CT molecular complexity index is 806. The average molecular weight is 414 g/mol. The summed E-state index contributed by atoms with van der Waals surface area (Å²) in [4.78, 5) is 2.56. The molecule has 0 aliphatic carbocycles. The van der Waals surface area contributed by atoms with Crippen LogP contribution in [0.25, 0.3) is 0 Å². The summed E-state index contributed by atoms with van der Waals surface area (Å²) in [6.07, 6.45) is 2.16. The van der Waals surface area contributed by atoms with Gasteiger partial charge in [-0.3, -0.25) is 4.90 Å². The van der Waals surface area contributed by atoms with Crippen molar-refractivity contribution in [3.63, 3.8) is 0 Å². The number of rotatable bonds is 9. The topological polar surface area (TPSA) is 23.5 Å². The molecule has 2 aromatic rings. The van der Waals surface area contributed by atoms with Gasteiger partial charge in [0, 0.05) is 29.3 Å². The lowest BCUT2D eigenvalue weighted by Gasteiger charge is -2.35. The molecule has 0 fully saturated rings. The van der Waals surface area contributed by atoms with Crippen molar-refractivity contribution in [1.29, 1.82) is 0 Å². The largest absolute Gasteiger partial charge is 0.508 e. The number of hydrogen-bond donors (Lipinski definition) is 1. The fourth-order valence-electron chi connectivity index (χ4n) is 4.33. The Morgan fingerprint density at radius 2 is 1.69 bits per heavy atom. The van der Waals surface area contributed by atoms with E-state index in [0.29, 0.717) is 26.4 Å². The summed E-state index contributed by atoms with van der Waals surface area (Å²) in [7, 11) is 0.623. The predicted molar refractivity (Wildman–Crippen MR) is 130 cm³/mol. The Labute approximate surface area is 180 Å². The third-order valence-electron chi connectivity index (χ3n) is 5.94. The highest BCUT2D eigenvalue weighted by Gasteiger charge is 2.31. The number of aryl methyl sites for hydroxylation is 2. The van der Waals surface area contributed by atoms with Crippen LogP contribution in [-0.4, -0.2) is 22.1 Å². The highest BCUT2D eigenvalue weighted by atomic mass is 31.1. The van der Waals surface area contributed by atoms with Crippen LogP contribution in [0.2, 0.25) is 0 Å². The monoisotopic (exact) mass is 413 g/mol. The van der Waals surface area contributed by atoms with Crippen LogP contribution in [0, 0.1) is 13.8 Å². The molecular weight excluding hydrogens is 373 g/mol. The van der Waals surface area contributed by atoms with Crippen molar-refractivity contribution in [3.8, 4) is 5.75 Å². The van der Waals surface area contributed by atoms with E-state index in [-0.39, 0.29) is 5.16 Å².